The first kappa shape index (κ1) is 11.9. The van der Waals surface area contributed by atoms with Crippen LogP contribution < -0.4 is 0 Å². The van der Waals surface area contributed by atoms with Crippen molar-refractivity contribution in [1.29, 1.82) is 0 Å². The fourth-order valence-corrected chi connectivity index (χ4v) is 4.34. The SMILES string of the molecule is O=S1(=O)CCC(C(Cl)c2ccccc2F)C1. The van der Waals surface area contributed by atoms with Gasteiger partial charge >= 0.3 is 0 Å². The molecule has 1 aliphatic heterocycles. The van der Waals surface area contributed by atoms with Crippen molar-refractivity contribution in [1.82, 2.24) is 0 Å². The molecule has 1 heterocycles. The van der Waals surface area contributed by atoms with Crippen molar-refractivity contribution in [2.24, 2.45) is 5.92 Å². The van der Waals surface area contributed by atoms with Crippen molar-refractivity contribution >= 4 is 21.4 Å². The summed E-state index contributed by atoms with van der Waals surface area (Å²) in [5.74, 6) is -0.319. The van der Waals surface area contributed by atoms with Crippen LogP contribution in [0, 0.1) is 11.7 Å². The van der Waals surface area contributed by atoms with Crippen LogP contribution in [-0.2, 0) is 9.84 Å². The summed E-state index contributed by atoms with van der Waals surface area (Å²) in [6, 6.07) is 6.25. The summed E-state index contributed by atoms with van der Waals surface area (Å²) in [6.45, 7) is 0. The minimum atomic E-state index is -2.97. The zero-order valence-corrected chi connectivity index (χ0v) is 10.1. The highest BCUT2D eigenvalue weighted by Gasteiger charge is 2.34. The number of hydrogen-bond donors (Lipinski definition) is 0. The maximum absolute atomic E-state index is 13.5. The van der Waals surface area contributed by atoms with Gasteiger partial charge in [-0.05, 0) is 18.4 Å². The quantitative estimate of drug-likeness (QED) is 0.768. The third-order valence-corrected chi connectivity index (χ3v) is 5.27. The minimum absolute atomic E-state index is 0.0650. The van der Waals surface area contributed by atoms with Crippen molar-refractivity contribution in [3.05, 3.63) is 35.6 Å². The van der Waals surface area contributed by atoms with E-state index < -0.39 is 15.2 Å². The highest BCUT2D eigenvalue weighted by atomic mass is 35.5. The van der Waals surface area contributed by atoms with Crippen LogP contribution >= 0.6 is 11.6 Å². The van der Waals surface area contributed by atoms with E-state index in [0.29, 0.717) is 12.0 Å². The highest BCUT2D eigenvalue weighted by molar-refractivity contribution is 7.91. The third-order valence-electron chi connectivity index (χ3n) is 2.88. The van der Waals surface area contributed by atoms with Crippen LogP contribution in [-0.4, -0.2) is 19.9 Å². The lowest BCUT2D eigenvalue weighted by molar-refractivity contribution is 0.536. The van der Waals surface area contributed by atoms with Gasteiger partial charge in [0.25, 0.3) is 0 Å². The second kappa shape index (κ2) is 4.34. The van der Waals surface area contributed by atoms with Crippen LogP contribution in [0.25, 0.3) is 0 Å². The second-order valence-corrected chi connectivity index (χ2v) is 6.79. The summed E-state index contributed by atoms with van der Waals surface area (Å²) in [4.78, 5) is 0. The van der Waals surface area contributed by atoms with E-state index in [1.165, 1.54) is 6.07 Å². The molecule has 2 unspecified atom stereocenters. The molecule has 0 spiro atoms. The maximum Gasteiger partial charge on any atom is 0.150 e. The molecule has 0 bridgehead atoms. The first-order chi connectivity index (χ1) is 7.49. The Labute approximate surface area is 99.3 Å². The summed E-state index contributed by atoms with van der Waals surface area (Å²) in [7, 11) is -2.97. The summed E-state index contributed by atoms with van der Waals surface area (Å²) in [6.07, 6.45) is 0.519. The molecule has 0 radical (unpaired) electrons. The monoisotopic (exact) mass is 262 g/mol. The smallest absolute Gasteiger partial charge is 0.150 e. The number of sulfone groups is 1. The standard InChI is InChI=1S/C11H12ClFO2S/c12-11(8-5-6-16(14,15)7-8)9-3-1-2-4-10(9)13/h1-4,8,11H,5-7H2. The summed E-state index contributed by atoms with van der Waals surface area (Å²) < 4.78 is 36.1. The van der Waals surface area contributed by atoms with Crippen LogP contribution in [0.4, 0.5) is 4.39 Å². The van der Waals surface area contributed by atoms with Crippen molar-refractivity contribution in [2.75, 3.05) is 11.5 Å². The van der Waals surface area contributed by atoms with Crippen LogP contribution in [0.3, 0.4) is 0 Å². The number of benzene rings is 1. The molecule has 2 rings (SSSR count). The van der Waals surface area contributed by atoms with E-state index in [0.717, 1.165) is 0 Å². The first-order valence-electron chi connectivity index (χ1n) is 5.08. The van der Waals surface area contributed by atoms with Crippen LogP contribution in [0.1, 0.15) is 17.4 Å². The zero-order chi connectivity index (χ0) is 11.8. The van der Waals surface area contributed by atoms with Crippen molar-refractivity contribution in [3.63, 3.8) is 0 Å². The van der Waals surface area contributed by atoms with Gasteiger partial charge in [-0.1, -0.05) is 18.2 Å². The molecule has 2 atom stereocenters. The van der Waals surface area contributed by atoms with Crippen LogP contribution in [0.15, 0.2) is 24.3 Å². The van der Waals surface area contributed by atoms with E-state index >= 15 is 0 Å². The molecule has 0 aliphatic carbocycles. The predicted molar refractivity (Wildman–Crippen MR) is 61.8 cm³/mol. The fourth-order valence-electron chi connectivity index (χ4n) is 2.01. The van der Waals surface area contributed by atoms with Gasteiger partial charge in [-0.3, -0.25) is 0 Å². The topological polar surface area (TPSA) is 34.1 Å². The lowest BCUT2D eigenvalue weighted by Gasteiger charge is -2.16. The van der Waals surface area contributed by atoms with Gasteiger partial charge in [-0.2, -0.15) is 0 Å². The Kier molecular flexibility index (Phi) is 3.22. The van der Waals surface area contributed by atoms with Gasteiger partial charge in [-0.25, -0.2) is 12.8 Å². The first-order valence-corrected chi connectivity index (χ1v) is 7.34. The molecule has 0 amide bonds. The number of alkyl halides is 1. The number of hydrogen-bond acceptors (Lipinski definition) is 2. The van der Waals surface area contributed by atoms with Crippen molar-refractivity contribution < 1.29 is 12.8 Å². The Bertz CT molecular complexity index is 487. The van der Waals surface area contributed by atoms with E-state index in [2.05, 4.69) is 0 Å². The molecule has 16 heavy (non-hydrogen) atoms. The molecule has 1 saturated heterocycles. The van der Waals surface area contributed by atoms with E-state index in [4.69, 9.17) is 11.6 Å². The Morgan fingerprint density at radius 3 is 2.62 bits per heavy atom. The molecule has 0 saturated carbocycles. The Balaban J connectivity index is 2.21. The highest BCUT2D eigenvalue weighted by Crippen LogP contribution is 2.37. The largest absolute Gasteiger partial charge is 0.229 e. The summed E-state index contributed by atoms with van der Waals surface area (Å²) in [5, 5.41) is -0.557. The molecule has 0 aromatic heterocycles. The predicted octanol–water partition coefficient (Wildman–Crippen LogP) is 2.54. The maximum atomic E-state index is 13.5. The van der Waals surface area contributed by atoms with Gasteiger partial charge < -0.3 is 0 Å². The van der Waals surface area contributed by atoms with Gasteiger partial charge in [0.05, 0.1) is 16.9 Å². The molecule has 1 aliphatic rings. The Hall–Kier alpha value is -0.610. The lowest BCUT2D eigenvalue weighted by atomic mass is 9.98. The van der Waals surface area contributed by atoms with Crippen molar-refractivity contribution in [3.8, 4) is 0 Å². The molecule has 88 valence electrons. The van der Waals surface area contributed by atoms with Crippen LogP contribution in [0.5, 0.6) is 0 Å². The molecular weight excluding hydrogens is 251 g/mol. The van der Waals surface area contributed by atoms with Crippen LogP contribution in [0.2, 0.25) is 0 Å². The Morgan fingerprint density at radius 2 is 2.06 bits per heavy atom. The summed E-state index contributed by atoms with van der Waals surface area (Å²) >= 11 is 6.14. The Morgan fingerprint density at radius 1 is 1.38 bits per heavy atom. The lowest BCUT2D eigenvalue weighted by Crippen LogP contribution is -2.11. The van der Waals surface area contributed by atoms with E-state index in [1.54, 1.807) is 18.2 Å². The van der Waals surface area contributed by atoms with Gasteiger partial charge in [0.2, 0.25) is 0 Å². The molecule has 1 aromatic carbocycles. The molecule has 2 nitrogen and oxygen atoms in total. The molecular formula is C11H12ClFO2S. The molecule has 1 fully saturated rings. The normalized spacial score (nSPS) is 25.5. The average molecular weight is 263 g/mol. The van der Waals surface area contributed by atoms with Crippen molar-refractivity contribution in [2.45, 2.75) is 11.8 Å². The van der Waals surface area contributed by atoms with E-state index in [9.17, 15) is 12.8 Å². The fraction of sp³-hybridized carbons (Fsp3) is 0.455. The van der Waals surface area contributed by atoms with Gasteiger partial charge in [0.1, 0.15) is 5.82 Å². The zero-order valence-electron chi connectivity index (χ0n) is 8.57. The van der Waals surface area contributed by atoms with Gasteiger partial charge in [0, 0.05) is 5.56 Å². The van der Waals surface area contributed by atoms with Gasteiger partial charge in [0.15, 0.2) is 9.84 Å². The van der Waals surface area contributed by atoms with E-state index in [1.807, 2.05) is 0 Å². The molecule has 0 N–H and O–H groups in total. The van der Waals surface area contributed by atoms with E-state index in [-0.39, 0.29) is 23.2 Å². The minimum Gasteiger partial charge on any atom is -0.229 e. The molecule has 5 heteroatoms. The molecule has 1 aromatic rings. The van der Waals surface area contributed by atoms with Gasteiger partial charge in [-0.15, -0.1) is 11.6 Å². The average Bonchev–Trinajstić information content (AvgIpc) is 2.59. The number of halogens is 2. The summed E-state index contributed by atoms with van der Waals surface area (Å²) in [5.41, 5.74) is 0.395. The number of rotatable bonds is 2. The second-order valence-electron chi connectivity index (χ2n) is 4.09. The third kappa shape index (κ3) is 2.38.